The van der Waals surface area contributed by atoms with E-state index in [1.54, 1.807) is 0 Å². The van der Waals surface area contributed by atoms with Crippen molar-refractivity contribution in [3.63, 3.8) is 0 Å². The molecule has 1 saturated heterocycles. The molecule has 0 aromatic heterocycles. The van der Waals surface area contributed by atoms with Gasteiger partial charge in [-0.1, -0.05) is 30.7 Å². The van der Waals surface area contributed by atoms with Gasteiger partial charge in [-0.3, -0.25) is 9.80 Å². The van der Waals surface area contributed by atoms with E-state index in [2.05, 4.69) is 41.2 Å². The molecule has 3 nitrogen and oxygen atoms in total. The largest absolute Gasteiger partial charge is 0.314 e. The Labute approximate surface area is 127 Å². The quantitative estimate of drug-likeness (QED) is 0.870. The van der Waals surface area contributed by atoms with E-state index in [4.69, 9.17) is 11.6 Å². The van der Waals surface area contributed by atoms with Gasteiger partial charge in [0.25, 0.3) is 0 Å². The molecule has 1 unspecified atom stereocenters. The standard InChI is InChI=1S/C16H26ClN3/c1-3-16(14-5-4-6-15(17)13-14)19(2)11-12-20-9-7-18-8-10-20/h4-6,13,16,18H,3,7-12H2,1-2H3. The molecule has 0 spiro atoms. The lowest BCUT2D eigenvalue weighted by atomic mass is 10.0. The Morgan fingerprint density at radius 2 is 2.10 bits per heavy atom. The van der Waals surface area contributed by atoms with E-state index in [0.29, 0.717) is 6.04 Å². The zero-order valence-electron chi connectivity index (χ0n) is 12.6. The molecular weight excluding hydrogens is 270 g/mol. The number of hydrogen-bond donors (Lipinski definition) is 1. The minimum absolute atomic E-state index is 0.455. The van der Waals surface area contributed by atoms with Gasteiger partial charge in [-0.15, -0.1) is 0 Å². The van der Waals surface area contributed by atoms with Crippen LogP contribution in [0.1, 0.15) is 24.9 Å². The summed E-state index contributed by atoms with van der Waals surface area (Å²) in [6.45, 7) is 9.07. The third kappa shape index (κ3) is 4.45. The summed E-state index contributed by atoms with van der Waals surface area (Å²) < 4.78 is 0. The lowest BCUT2D eigenvalue weighted by Crippen LogP contribution is -2.46. The maximum absolute atomic E-state index is 6.12. The number of hydrogen-bond acceptors (Lipinski definition) is 3. The van der Waals surface area contributed by atoms with Gasteiger partial charge in [-0.05, 0) is 31.2 Å². The molecule has 1 heterocycles. The van der Waals surface area contributed by atoms with Crippen molar-refractivity contribution in [1.29, 1.82) is 0 Å². The highest BCUT2D eigenvalue weighted by atomic mass is 35.5. The van der Waals surface area contributed by atoms with Gasteiger partial charge < -0.3 is 5.32 Å². The summed E-state index contributed by atoms with van der Waals surface area (Å²) in [6, 6.07) is 8.72. The van der Waals surface area contributed by atoms with E-state index < -0.39 is 0 Å². The second-order valence-corrected chi connectivity index (χ2v) is 5.99. The first-order chi connectivity index (χ1) is 9.70. The average Bonchev–Trinajstić information content (AvgIpc) is 2.47. The van der Waals surface area contributed by atoms with E-state index >= 15 is 0 Å². The van der Waals surface area contributed by atoms with Crippen LogP contribution in [-0.2, 0) is 0 Å². The topological polar surface area (TPSA) is 18.5 Å². The Hall–Kier alpha value is -0.610. The van der Waals surface area contributed by atoms with Gasteiger partial charge in [0.05, 0.1) is 0 Å². The van der Waals surface area contributed by atoms with Crippen molar-refractivity contribution in [1.82, 2.24) is 15.1 Å². The first-order valence-corrected chi connectivity index (χ1v) is 7.97. The van der Waals surface area contributed by atoms with Crippen LogP contribution in [-0.4, -0.2) is 56.1 Å². The minimum atomic E-state index is 0.455. The van der Waals surface area contributed by atoms with Crippen molar-refractivity contribution >= 4 is 11.6 Å². The van der Waals surface area contributed by atoms with Crippen LogP contribution < -0.4 is 5.32 Å². The van der Waals surface area contributed by atoms with Crippen LogP contribution in [0.15, 0.2) is 24.3 Å². The molecule has 1 aliphatic rings. The van der Waals surface area contributed by atoms with Crippen molar-refractivity contribution in [2.24, 2.45) is 0 Å². The summed E-state index contributed by atoms with van der Waals surface area (Å²) in [5, 5.41) is 4.23. The molecule has 112 valence electrons. The smallest absolute Gasteiger partial charge is 0.0409 e. The van der Waals surface area contributed by atoms with Crippen molar-refractivity contribution in [2.45, 2.75) is 19.4 Å². The maximum Gasteiger partial charge on any atom is 0.0409 e. The molecular formula is C16H26ClN3. The zero-order chi connectivity index (χ0) is 14.4. The predicted octanol–water partition coefficient (Wildman–Crippen LogP) is 2.63. The molecule has 1 N–H and O–H groups in total. The Morgan fingerprint density at radius 3 is 2.75 bits per heavy atom. The number of benzene rings is 1. The van der Waals surface area contributed by atoms with Crippen LogP contribution in [0.2, 0.25) is 5.02 Å². The molecule has 1 aliphatic heterocycles. The van der Waals surface area contributed by atoms with Crippen molar-refractivity contribution in [3.05, 3.63) is 34.9 Å². The fourth-order valence-electron chi connectivity index (χ4n) is 2.91. The summed E-state index contributed by atoms with van der Waals surface area (Å²) in [4.78, 5) is 4.99. The zero-order valence-corrected chi connectivity index (χ0v) is 13.4. The van der Waals surface area contributed by atoms with Crippen molar-refractivity contribution < 1.29 is 0 Å². The van der Waals surface area contributed by atoms with Crippen LogP contribution in [0, 0.1) is 0 Å². The third-order valence-electron chi connectivity index (χ3n) is 4.13. The highest BCUT2D eigenvalue weighted by Gasteiger charge is 2.17. The molecule has 2 rings (SSSR count). The van der Waals surface area contributed by atoms with Crippen molar-refractivity contribution in [3.8, 4) is 0 Å². The fraction of sp³-hybridized carbons (Fsp3) is 0.625. The van der Waals surface area contributed by atoms with Gasteiger partial charge in [-0.2, -0.15) is 0 Å². The van der Waals surface area contributed by atoms with Gasteiger partial charge in [0.1, 0.15) is 0 Å². The fourth-order valence-corrected chi connectivity index (χ4v) is 3.10. The molecule has 0 bridgehead atoms. The number of halogens is 1. The first-order valence-electron chi connectivity index (χ1n) is 7.59. The SMILES string of the molecule is CCC(c1cccc(Cl)c1)N(C)CCN1CCNCC1. The Bertz CT molecular complexity index is 404. The van der Waals surface area contributed by atoms with Crippen LogP contribution in [0.3, 0.4) is 0 Å². The number of rotatable bonds is 6. The molecule has 1 aromatic carbocycles. The molecule has 0 radical (unpaired) electrons. The van der Waals surface area contributed by atoms with Crippen LogP contribution in [0.5, 0.6) is 0 Å². The maximum atomic E-state index is 6.12. The Balaban J connectivity index is 1.89. The number of likely N-dealkylation sites (N-methyl/N-ethyl adjacent to an activating group) is 1. The number of nitrogens with zero attached hydrogens (tertiary/aromatic N) is 2. The Kier molecular flexibility index (Phi) is 6.30. The van der Waals surface area contributed by atoms with Gasteiger partial charge in [0.2, 0.25) is 0 Å². The molecule has 1 atom stereocenters. The monoisotopic (exact) mass is 295 g/mol. The average molecular weight is 296 g/mol. The highest BCUT2D eigenvalue weighted by molar-refractivity contribution is 6.30. The molecule has 20 heavy (non-hydrogen) atoms. The normalized spacial score (nSPS) is 18.4. The van der Waals surface area contributed by atoms with Gasteiger partial charge >= 0.3 is 0 Å². The second-order valence-electron chi connectivity index (χ2n) is 5.55. The van der Waals surface area contributed by atoms with E-state index in [1.165, 1.54) is 18.7 Å². The molecule has 0 aliphatic carbocycles. The lowest BCUT2D eigenvalue weighted by molar-refractivity contribution is 0.174. The van der Waals surface area contributed by atoms with Gasteiger partial charge in [0, 0.05) is 50.3 Å². The summed E-state index contributed by atoms with van der Waals surface area (Å²) in [5.41, 5.74) is 1.32. The number of nitrogens with one attached hydrogen (secondary N) is 1. The summed E-state index contributed by atoms with van der Waals surface area (Å²) in [7, 11) is 2.22. The molecule has 1 aromatic rings. The van der Waals surface area contributed by atoms with E-state index in [1.807, 2.05) is 12.1 Å². The van der Waals surface area contributed by atoms with Crippen LogP contribution >= 0.6 is 11.6 Å². The molecule has 0 saturated carbocycles. The summed E-state index contributed by atoms with van der Waals surface area (Å²) in [6.07, 6.45) is 1.11. The Morgan fingerprint density at radius 1 is 1.35 bits per heavy atom. The first kappa shape index (κ1) is 15.8. The minimum Gasteiger partial charge on any atom is -0.314 e. The predicted molar refractivity (Wildman–Crippen MR) is 86.4 cm³/mol. The summed E-state index contributed by atoms with van der Waals surface area (Å²) in [5.74, 6) is 0. The lowest BCUT2D eigenvalue weighted by Gasteiger charge is -2.32. The van der Waals surface area contributed by atoms with Gasteiger partial charge in [0.15, 0.2) is 0 Å². The van der Waals surface area contributed by atoms with E-state index in [9.17, 15) is 0 Å². The van der Waals surface area contributed by atoms with Crippen LogP contribution in [0.4, 0.5) is 0 Å². The van der Waals surface area contributed by atoms with E-state index in [-0.39, 0.29) is 0 Å². The highest BCUT2D eigenvalue weighted by Crippen LogP contribution is 2.25. The molecule has 1 fully saturated rings. The van der Waals surface area contributed by atoms with Crippen molar-refractivity contribution in [2.75, 3.05) is 46.3 Å². The summed E-state index contributed by atoms with van der Waals surface area (Å²) >= 11 is 6.12. The molecule has 4 heteroatoms. The van der Waals surface area contributed by atoms with Gasteiger partial charge in [-0.25, -0.2) is 0 Å². The van der Waals surface area contributed by atoms with Crippen LogP contribution in [0.25, 0.3) is 0 Å². The second kappa shape index (κ2) is 7.99. The molecule has 0 amide bonds. The van der Waals surface area contributed by atoms with E-state index in [0.717, 1.165) is 37.6 Å². The third-order valence-corrected chi connectivity index (χ3v) is 4.37. The number of piperazine rings is 1.